The average Bonchev–Trinajstić information content (AvgIpc) is 2.62. The number of fused-ring (bicyclic) bond motifs is 1. The molecule has 3 rings (SSSR count). The molecule has 1 atom stereocenters. The number of carbonyl (C=O) groups excluding carboxylic acids is 1. The van der Waals surface area contributed by atoms with Gasteiger partial charge in [0.15, 0.2) is 11.5 Å². The Balaban J connectivity index is 1.84. The second-order valence-electron chi connectivity index (χ2n) is 7.16. The standard InChI is InChI=1S/C22H27NO4/c1-5-25-19-12-11-15(13-20(19)26-6-2)21(24)23-17-14-22(3,4)27-18-10-8-7-9-16(17)18/h7-13,17H,5-6,14H2,1-4H3,(H,23,24)/t17-/m1/s1. The van der Waals surface area contributed by atoms with Crippen molar-refractivity contribution in [3.05, 3.63) is 53.6 Å². The second kappa shape index (κ2) is 7.91. The Bertz CT molecular complexity index is 816. The first-order valence-electron chi connectivity index (χ1n) is 9.42. The monoisotopic (exact) mass is 369 g/mol. The maximum absolute atomic E-state index is 12.9. The highest BCUT2D eigenvalue weighted by Gasteiger charge is 2.34. The predicted molar refractivity (Wildman–Crippen MR) is 105 cm³/mol. The van der Waals surface area contributed by atoms with E-state index in [1.54, 1.807) is 18.2 Å². The molecule has 2 aromatic carbocycles. The van der Waals surface area contributed by atoms with E-state index in [2.05, 4.69) is 5.32 Å². The number of hydrogen-bond donors (Lipinski definition) is 1. The van der Waals surface area contributed by atoms with E-state index in [-0.39, 0.29) is 17.6 Å². The Kier molecular flexibility index (Phi) is 5.59. The summed E-state index contributed by atoms with van der Waals surface area (Å²) in [5.74, 6) is 1.91. The quantitative estimate of drug-likeness (QED) is 0.814. The zero-order valence-corrected chi connectivity index (χ0v) is 16.4. The molecule has 0 saturated carbocycles. The Hall–Kier alpha value is -2.69. The molecule has 0 saturated heterocycles. The zero-order valence-electron chi connectivity index (χ0n) is 16.4. The van der Waals surface area contributed by atoms with Gasteiger partial charge in [-0.05, 0) is 52.0 Å². The lowest BCUT2D eigenvalue weighted by Gasteiger charge is -2.37. The number of benzene rings is 2. The fourth-order valence-electron chi connectivity index (χ4n) is 3.36. The normalized spacial score (nSPS) is 17.4. The lowest BCUT2D eigenvalue weighted by atomic mass is 9.89. The first kappa shape index (κ1) is 19.1. The van der Waals surface area contributed by atoms with Crippen LogP contribution in [0.15, 0.2) is 42.5 Å². The van der Waals surface area contributed by atoms with E-state index in [9.17, 15) is 4.79 Å². The first-order valence-corrected chi connectivity index (χ1v) is 9.42. The number of amides is 1. The summed E-state index contributed by atoms with van der Waals surface area (Å²) >= 11 is 0. The van der Waals surface area contributed by atoms with Crippen molar-refractivity contribution in [3.63, 3.8) is 0 Å². The molecule has 0 unspecified atom stereocenters. The molecule has 0 radical (unpaired) electrons. The molecule has 1 aliphatic rings. The van der Waals surface area contributed by atoms with Gasteiger partial charge in [0.05, 0.1) is 19.3 Å². The summed E-state index contributed by atoms with van der Waals surface area (Å²) in [4.78, 5) is 12.9. The van der Waals surface area contributed by atoms with Crippen LogP contribution in [0.5, 0.6) is 17.2 Å². The van der Waals surface area contributed by atoms with Gasteiger partial charge in [0, 0.05) is 17.5 Å². The zero-order chi connectivity index (χ0) is 19.4. The van der Waals surface area contributed by atoms with Gasteiger partial charge in [0.1, 0.15) is 11.4 Å². The van der Waals surface area contributed by atoms with Crippen LogP contribution in [-0.2, 0) is 0 Å². The van der Waals surface area contributed by atoms with E-state index in [1.807, 2.05) is 52.0 Å². The summed E-state index contributed by atoms with van der Waals surface area (Å²) in [7, 11) is 0. The molecule has 1 N–H and O–H groups in total. The predicted octanol–water partition coefficient (Wildman–Crippen LogP) is 4.52. The minimum atomic E-state index is -0.346. The van der Waals surface area contributed by atoms with Crippen molar-refractivity contribution in [2.45, 2.75) is 45.8 Å². The highest BCUT2D eigenvalue weighted by molar-refractivity contribution is 5.95. The molecular formula is C22H27NO4. The van der Waals surface area contributed by atoms with Crippen LogP contribution in [0.4, 0.5) is 0 Å². The Morgan fingerprint density at radius 3 is 2.56 bits per heavy atom. The van der Waals surface area contributed by atoms with E-state index >= 15 is 0 Å². The number of nitrogens with one attached hydrogen (secondary N) is 1. The molecule has 0 aromatic heterocycles. The van der Waals surface area contributed by atoms with Crippen molar-refractivity contribution in [1.82, 2.24) is 5.32 Å². The average molecular weight is 369 g/mol. The van der Waals surface area contributed by atoms with Crippen LogP contribution in [0.1, 0.15) is 56.1 Å². The second-order valence-corrected chi connectivity index (χ2v) is 7.16. The van der Waals surface area contributed by atoms with Crippen molar-refractivity contribution in [1.29, 1.82) is 0 Å². The lowest BCUT2D eigenvalue weighted by Crippen LogP contribution is -2.41. The molecule has 144 valence electrons. The summed E-state index contributed by atoms with van der Waals surface area (Å²) in [5.41, 5.74) is 1.20. The molecule has 0 spiro atoms. The van der Waals surface area contributed by atoms with Crippen molar-refractivity contribution >= 4 is 5.91 Å². The van der Waals surface area contributed by atoms with Gasteiger partial charge in [-0.3, -0.25) is 4.79 Å². The minimum Gasteiger partial charge on any atom is -0.490 e. The highest BCUT2D eigenvalue weighted by Crippen LogP contribution is 2.39. The first-order chi connectivity index (χ1) is 12.9. The largest absolute Gasteiger partial charge is 0.490 e. The van der Waals surface area contributed by atoms with E-state index in [0.29, 0.717) is 36.7 Å². The maximum atomic E-state index is 12.9. The lowest BCUT2D eigenvalue weighted by molar-refractivity contribution is 0.0619. The molecular weight excluding hydrogens is 342 g/mol. The summed E-state index contributed by atoms with van der Waals surface area (Å²) in [6.45, 7) is 8.94. The summed E-state index contributed by atoms with van der Waals surface area (Å²) in [6.07, 6.45) is 0.700. The van der Waals surface area contributed by atoms with E-state index in [0.717, 1.165) is 11.3 Å². The molecule has 5 heteroatoms. The summed E-state index contributed by atoms with van der Waals surface area (Å²) in [6, 6.07) is 13.0. The maximum Gasteiger partial charge on any atom is 0.251 e. The molecule has 0 aliphatic carbocycles. The third kappa shape index (κ3) is 4.35. The Morgan fingerprint density at radius 2 is 1.81 bits per heavy atom. The van der Waals surface area contributed by atoms with Gasteiger partial charge in [0.2, 0.25) is 0 Å². The van der Waals surface area contributed by atoms with E-state index in [1.165, 1.54) is 0 Å². The molecule has 2 aromatic rings. The van der Waals surface area contributed by atoms with Gasteiger partial charge in [0.25, 0.3) is 5.91 Å². The molecule has 27 heavy (non-hydrogen) atoms. The summed E-state index contributed by atoms with van der Waals surface area (Å²) < 4.78 is 17.3. The molecule has 1 heterocycles. The van der Waals surface area contributed by atoms with Gasteiger partial charge in [-0.15, -0.1) is 0 Å². The number of para-hydroxylation sites is 1. The molecule has 5 nitrogen and oxygen atoms in total. The Labute approximate surface area is 160 Å². The van der Waals surface area contributed by atoms with Gasteiger partial charge < -0.3 is 19.5 Å². The third-order valence-corrected chi connectivity index (χ3v) is 4.49. The number of rotatable bonds is 6. The van der Waals surface area contributed by atoms with E-state index < -0.39 is 0 Å². The SMILES string of the molecule is CCOc1ccc(C(=O)N[C@@H]2CC(C)(C)Oc3ccccc32)cc1OCC. The van der Waals surface area contributed by atoms with Crippen LogP contribution in [0.25, 0.3) is 0 Å². The third-order valence-electron chi connectivity index (χ3n) is 4.49. The van der Waals surface area contributed by atoms with Crippen LogP contribution in [0.2, 0.25) is 0 Å². The minimum absolute atomic E-state index is 0.112. The highest BCUT2D eigenvalue weighted by atomic mass is 16.5. The fraction of sp³-hybridized carbons (Fsp3) is 0.409. The topological polar surface area (TPSA) is 56.8 Å². The van der Waals surface area contributed by atoms with Crippen LogP contribution in [0, 0.1) is 0 Å². The molecule has 0 fully saturated rings. The van der Waals surface area contributed by atoms with Crippen molar-refractivity contribution in [3.8, 4) is 17.2 Å². The number of ether oxygens (including phenoxy) is 3. The number of hydrogen-bond acceptors (Lipinski definition) is 4. The molecule has 0 bridgehead atoms. The fourth-order valence-corrected chi connectivity index (χ4v) is 3.36. The van der Waals surface area contributed by atoms with Crippen molar-refractivity contribution in [2.75, 3.05) is 13.2 Å². The van der Waals surface area contributed by atoms with Crippen LogP contribution < -0.4 is 19.5 Å². The Morgan fingerprint density at radius 1 is 1.11 bits per heavy atom. The van der Waals surface area contributed by atoms with Crippen molar-refractivity contribution in [2.24, 2.45) is 0 Å². The van der Waals surface area contributed by atoms with Gasteiger partial charge in [-0.2, -0.15) is 0 Å². The molecule has 1 aliphatic heterocycles. The van der Waals surface area contributed by atoms with E-state index in [4.69, 9.17) is 14.2 Å². The van der Waals surface area contributed by atoms with Gasteiger partial charge in [-0.1, -0.05) is 18.2 Å². The van der Waals surface area contributed by atoms with Crippen LogP contribution in [0.3, 0.4) is 0 Å². The number of carbonyl (C=O) groups is 1. The van der Waals surface area contributed by atoms with Gasteiger partial charge in [-0.25, -0.2) is 0 Å². The van der Waals surface area contributed by atoms with Crippen LogP contribution >= 0.6 is 0 Å². The summed E-state index contributed by atoms with van der Waals surface area (Å²) in [5, 5.41) is 3.15. The molecule has 1 amide bonds. The van der Waals surface area contributed by atoms with Crippen molar-refractivity contribution < 1.29 is 19.0 Å². The van der Waals surface area contributed by atoms with Crippen LogP contribution in [-0.4, -0.2) is 24.7 Å². The smallest absolute Gasteiger partial charge is 0.251 e. The van der Waals surface area contributed by atoms with Gasteiger partial charge >= 0.3 is 0 Å².